The summed E-state index contributed by atoms with van der Waals surface area (Å²) in [6.07, 6.45) is 9.65. The van der Waals surface area contributed by atoms with E-state index in [-0.39, 0.29) is 11.2 Å². The lowest BCUT2D eigenvalue weighted by Gasteiger charge is -2.37. The van der Waals surface area contributed by atoms with E-state index in [4.69, 9.17) is 32.7 Å². The molecule has 0 N–H and O–H groups in total. The van der Waals surface area contributed by atoms with Crippen molar-refractivity contribution in [2.45, 2.75) is 76.1 Å². The number of benzene rings is 1. The quantitative estimate of drug-likeness (QED) is 0.627. The molecule has 1 heterocycles. The molecule has 2 fully saturated rings. The van der Waals surface area contributed by atoms with Crippen LogP contribution in [0.15, 0.2) is 18.2 Å². The average Bonchev–Trinajstić information content (AvgIpc) is 2.90. The minimum Gasteiger partial charge on any atom is -0.374 e. The SMILES string of the molecule is CCC1(COCc2c(Cl)cccc2Cl)CCC2(CCCCC2)O1. The Bertz CT molecular complexity index is 520. The first-order valence-corrected chi connectivity index (χ1v) is 9.55. The van der Waals surface area contributed by atoms with Gasteiger partial charge in [0.05, 0.1) is 24.4 Å². The summed E-state index contributed by atoms with van der Waals surface area (Å²) in [4.78, 5) is 0. The van der Waals surface area contributed by atoms with Gasteiger partial charge in [-0.2, -0.15) is 0 Å². The molecule has 1 aromatic rings. The van der Waals surface area contributed by atoms with Gasteiger partial charge in [0.15, 0.2) is 0 Å². The summed E-state index contributed by atoms with van der Waals surface area (Å²) in [5.74, 6) is 0. The van der Waals surface area contributed by atoms with Crippen molar-refractivity contribution in [1.29, 1.82) is 0 Å². The molecule has 1 atom stereocenters. The molecule has 0 radical (unpaired) electrons. The zero-order chi connectivity index (χ0) is 16.3. The predicted octanol–water partition coefficient (Wildman–Crippen LogP) is 6.17. The molecule has 1 spiro atoms. The van der Waals surface area contributed by atoms with Gasteiger partial charge in [-0.3, -0.25) is 0 Å². The fourth-order valence-corrected chi connectivity index (χ4v) is 4.53. The van der Waals surface area contributed by atoms with Crippen molar-refractivity contribution in [2.24, 2.45) is 0 Å². The van der Waals surface area contributed by atoms with Crippen molar-refractivity contribution in [2.75, 3.05) is 6.61 Å². The van der Waals surface area contributed by atoms with Crippen molar-refractivity contribution in [3.63, 3.8) is 0 Å². The van der Waals surface area contributed by atoms with Gasteiger partial charge in [-0.05, 0) is 44.2 Å². The Hall–Kier alpha value is -0.280. The van der Waals surface area contributed by atoms with Gasteiger partial charge in [0.25, 0.3) is 0 Å². The molecule has 1 aromatic carbocycles. The molecule has 2 aliphatic rings. The third kappa shape index (κ3) is 3.87. The highest BCUT2D eigenvalue weighted by molar-refractivity contribution is 6.35. The maximum Gasteiger partial charge on any atom is 0.0921 e. The number of rotatable bonds is 5. The molecule has 1 saturated carbocycles. The van der Waals surface area contributed by atoms with Gasteiger partial charge in [0, 0.05) is 15.6 Å². The summed E-state index contributed by atoms with van der Waals surface area (Å²) < 4.78 is 12.6. The van der Waals surface area contributed by atoms with Crippen LogP contribution in [0.25, 0.3) is 0 Å². The Morgan fingerprint density at radius 3 is 2.39 bits per heavy atom. The van der Waals surface area contributed by atoms with Crippen LogP contribution in [0.1, 0.15) is 63.9 Å². The normalized spacial score (nSPS) is 26.7. The van der Waals surface area contributed by atoms with Crippen molar-refractivity contribution in [3.05, 3.63) is 33.8 Å². The van der Waals surface area contributed by atoms with E-state index in [1.165, 1.54) is 38.5 Å². The molecule has 1 saturated heterocycles. The number of hydrogen-bond donors (Lipinski definition) is 0. The Labute approximate surface area is 149 Å². The number of ether oxygens (including phenoxy) is 2. The smallest absolute Gasteiger partial charge is 0.0921 e. The van der Waals surface area contributed by atoms with E-state index < -0.39 is 0 Å². The molecule has 0 aromatic heterocycles. The van der Waals surface area contributed by atoms with Crippen LogP contribution in [0.5, 0.6) is 0 Å². The van der Waals surface area contributed by atoms with E-state index in [0.29, 0.717) is 23.3 Å². The van der Waals surface area contributed by atoms with E-state index in [0.717, 1.165) is 18.4 Å². The molecule has 23 heavy (non-hydrogen) atoms. The number of halogens is 2. The molecular weight excluding hydrogens is 331 g/mol. The Morgan fingerprint density at radius 1 is 1.04 bits per heavy atom. The monoisotopic (exact) mass is 356 g/mol. The van der Waals surface area contributed by atoms with Gasteiger partial charge in [-0.1, -0.05) is 55.5 Å². The summed E-state index contributed by atoms with van der Waals surface area (Å²) >= 11 is 12.4. The van der Waals surface area contributed by atoms with Crippen LogP contribution in [-0.2, 0) is 16.1 Å². The molecule has 1 unspecified atom stereocenters. The number of hydrogen-bond acceptors (Lipinski definition) is 2. The average molecular weight is 357 g/mol. The second-order valence-corrected chi connectivity index (χ2v) is 7.89. The van der Waals surface area contributed by atoms with Crippen molar-refractivity contribution >= 4 is 23.2 Å². The minimum atomic E-state index is -0.134. The fraction of sp³-hybridized carbons (Fsp3) is 0.684. The second-order valence-electron chi connectivity index (χ2n) is 7.08. The molecule has 2 nitrogen and oxygen atoms in total. The Kier molecular flexibility index (Phi) is 5.57. The van der Waals surface area contributed by atoms with Crippen molar-refractivity contribution in [1.82, 2.24) is 0 Å². The summed E-state index contributed by atoms with van der Waals surface area (Å²) in [5, 5.41) is 1.33. The van der Waals surface area contributed by atoms with E-state index >= 15 is 0 Å². The molecule has 128 valence electrons. The molecule has 3 rings (SSSR count). The second kappa shape index (κ2) is 7.31. The van der Waals surface area contributed by atoms with Gasteiger partial charge in [0.2, 0.25) is 0 Å². The predicted molar refractivity (Wildman–Crippen MR) is 95.3 cm³/mol. The minimum absolute atomic E-state index is 0.125. The molecule has 1 aliphatic carbocycles. The van der Waals surface area contributed by atoms with Gasteiger partial charge < -0.3 is 9.47 Å². The molecule has 0 amide bonds. The first-order chi connectivity index (χ1) is 11.1. The van der Waals surface area contributed by atoms with Gasteiger partial charge in [0.1, 0.15) is 0 Å². The zero-order valence-electron chi connectivity index (χ0n) is 13.9. The molecule has 1 aliphatic heterocycles. The summed E-state index contributed by atoms with van der Waals surface area (Å²) in [6, 6.07) is 5.56. The van der Waals surface area contributed by atoms with Crippen molar-refractivity contribution < 1.29 is 9.47 Å². The lowest BCUT2D eigenvalue weighted by Crippen LogP contribution is -2.39. The molecule has 0 bridgehead atoms. The summed E-state index contributed by atoms with van der Waals surface area (Å²) in [6.45, 7) is 3.26. The Morgan fingerprint density at radius 2 is 1.74 bits per heavy atom. The third-order valence-electron chi connectivity index (χ3n) is 5.55. The summed E-state index contributed by atoms with van der Waals surface area (Å²) in [7, 11) is 0. The molecular formula is C19H26Cl2O2. The van der Waals surface area contributed by atoms with Crippen molar-refractivity contribution in [3.8, 4) is 0 Å². The van der Waals surface area contributed by atoms with Gasteiger partial charge in [-0.15, -0.1) is 0 Å². The van der Waals surface area contributed by atoms with E-state index in [2.05, 4.69) is 6.92 Å². The highest BCUT2D eigenvalue weighted by Crippen LogP contribution is 2.47. The van der Waals surface area contributed by atoms with Crippen LogP contribution in [-0.4, -0.2) is 17.8 Å². The fourth-order valence-electron chi connectivity index (χ4n) is 4.03. The zero-order valence-corrected chi connectivity index (χ0v) is 15.4. The lowest BCUT2D eigenvalue weighted by molar-refractivity contribution is -0.150. The molecule has 4 heteroatoms. The van der Waals surface area contributed by atoms with Crippen LogP contribution < -0.4 is 0 Å². The lowest BCUT2D eigenvalue weighted by atomic mass is 9.82. The van der Waals surface area contributed by atoms with Crippen LogP contribution in [0, 0.1) is 0 Å². The standard InChI is InChI=1S/C19H26Cl2O2/c1-2-18(11-12-19(23-18)9-4-3-5-10-19)14-22-13-15-16(20)7-6-8-17(15)21/h6-8H,2-5,9-14H2,1H3. The maximum absolute atomic E-state index is 6.63. The van der Waals surface area contributed by atoms with Gasteiger partial charge in [-0.25, -0.2) is 0 Å². The van der Waals surface area contributed by atoms with E-state index in [1.54, 1.807) is 0 Å². The largest absolute Gasteiger partial charge is 0.374 e. The Balaban J connectivity index is 1.60. The topological polar surface area (TPSA) is 18.5 Å². The maximum atomic E-state index is 6.63. The van der Waals surface area contributed by atoms with Crippen LogP contribution >= 0.6 is 23.2 Å². The van der Waals surface area contributed by atoms with Gasteiger partial charge >= 0.3 is 0 Å². The van der Waals surface area contributed by atoms with Crippen LogP contribution in [0.4, 0.5) is 0 Å². The highest BCUT2D eigenvalue weighted by atomic mass is 35.5. The summed E-state index contributed by atoms with van der Waals surface area (Å²) in [5.41, 5.74) is 0.859. The van der Waals surface area contributed by atoms with E-state index in [9.17, 15) is 0 Å². The van der Waals surface area contributed by atoms with E-state index in [1.807, 2.05) is 18.2 Å². The van der Waals surface area contributed by atoms with Crippen LogP contribution in [0.2, 0.25) is 10.0 Å². The van der Waals surface area contributed by atoms with Crippen LogP contribution in [0.3, 0.4) is 0 Å². The first-order valence-electron chi connectivity index (χ1n) is 8.79. The first kappa shape index (κ1) is 17.5. The third-order valence-corrected chi connectivity index (χ3v) is 6.26. The highest BCUT2D eigenvalue weighted by Gasteiger charge is 2.48.